The minimum atomic E-state index is -3.60. The molecule has 2 amide bonds. The van der Waals surface area contributed by atoms with Crippen molar-refractivity contribution in [3.8, 4) is 0 Å². The van der Waals surface area contributed by atoms with E-state index < -0.39 is 27.9 Å². The first kappa shape index (κ1) is 24.2. The van der Waals surface area contributed by atoms with Crippen LogP contribution < -0.4 is 0 Å². The highest BCUT2D eigenvalue weighted by Crippen LogP contribution is 2.38. The zero-order valence-electron chi connectivity index (χ0n) is 19.0. The third-order valence-electron chi connectivity index (χ3n) is 6.76. The maximum absolute atomic E-state index is 13.0. The first-order valence-electron chi connectivity index (χ1n) is 11.4. The molecule has 35 heavy (non-hydrogen) atoms. The molecule has 2 aromatic carbocycles. The predicted molar refractivity (Wildman–Crippen MR) is 130 cm³/mol. The molecule has 1 atom stereocenters. The van der Waals surface area contributed by atoms with Crippen LogP contribution in [-0.2, 0) is 30.9 Å². The van der Waals surface area contributed by atoms with Gasteiger partial charge in [-0.2, -0.15) is 4.31 Å². The maximum atomic E-state index is 13.0. The lowest BCUT2D eigenvalue weighted by Gasteiger charge is -2.37. The standard InChI is InChI=1S/C24H26BrN3O6S/c25-19-6-8-20(9-7-19)35(31,32)27-12-10-24(11-13-27)17-28-21(29)14-26(15-22(28)34-24)23(30)33-16-18-4-2-1-3-5-18/h1-9,22H,10-17H2. The highest BCUT2D eigenvalue weighted by Gasteiger charge is 2.52. The maximum Gasteiger partial charge on any atom is 0.410 e. The van der Waals surface area contributed by atoms with Crippen molar-refractivity contribution in [2.24, 2.45) is 0 Å². The van der Waals surface area contributed by atoms with Crippen molar-refractivity contribution in [3.05, 3.63) is 64.6 Å². The fourth-order valence-corrected chi connectivity index (χ4v) is 6.51. The predicted octanol–water partition coefficient (Wildman–Crippen LogP) is 2.81. The first-order valence-corrected chi connectivity index (χ1v) is 13.7. The number of benzene rings is 2. The van der Waals surface area contributed by atoms with Crippen molar-refractivity contribution in [3.63, 3.8) is 0 Å². The van der Waals surface area contributed by atoms with E-state index in [9.17, 15) is 18.0 Å². The van der Waals surface area contributed by atoms with Gasteiger partial charge in [0.05, 0.1) is 23.6 Å². The van der Waals surface area contributed by atoms with Crippen LogP contribution in [0.5, 0.6) is 0 Å². The van der Waals surface area contributed by atoms with Gasteiger partial charge in [0.25, 0.3) is 0 Å². The molecule has 0 aromatic heterocycles. The number of carbonyl (C=O) groups excluding carboxylic acids is 2. The lowest BCUT2D eigenvalue weighted by atomic mass is 9.92. The van der Waals surface area contributed by atoms with E-state index in [1.165, 1.54) is 9.21 Å². The number of rotatable bonds is 4. The van der Waals surface area contributed by atoms with Gasteiger partial charge in [0.2, 0.25) is 15.9 Å². The molecule has 0 N–H and O–H groups in total. The SMILES string of the molecule is O=C(OCc1ccccc1)N1CC(=O)N2CC3(CCN(S(=O)(=O)c4ccc(Br)cc4)CC3)OC2C1. The Morgan fingerprint density at radius 1 is 1.09 bits per heavy atom. The number of ether oxygens (including phenoxy) is 2. The quantitative estimate of drug-likeness (QED) is 0.567. The molecule has 186 valence electrons. The Labute approximate surface area is 212 Å². The summed E-state index contributed by atoms with van der Waals surface area (Å²) in [7, 11) is -3.60. The van der Waals surface area contributed by atoms with Gasteiger partial charge < -0.3 is 14.4 Å². The van der Waals surface area contributed by atoms with E-state index in [-0.39, 0.29) is 30.5 Å². The molecule has 9 nitrogen and oxygen atoms in total. The summed E-state index contributed by atoms with van der Waals surface area (Å²) in [5.74, 6) is -0.195. The molecule has 0 saturated carbocycles. The normalized spacial score (nSPS) is 22.3. The molecular formula is C24H26BrN3O6S. The molecule has 0 bridgehead atoms. The van der Waals surface area contributed by atoms with Gasteiger partial charge in [0.15, 0.2) is 6.23 Å². The average Bonchev–Trinajstić information content (AvgIpc) is 3.22. The van der Waals surface area contributed by atoms with Crippen LogP contribution in [0.1, 0.15) is 18.4 Å². The summed E-state index contributed by atoms with van der Waals surface area (Å²) >= 11 is 3.33. The van der Waals surface area contributed by atoms with Gasteiger partial charge in [0.1, 0.15) is 13.2 Å². The molecule has 3 aliphatic heterocycles. The van der Waals surface area contributed by atoms with Crippen molar-refractivity contribution >= 4 is 38.0 Å². The van der Waals surface area contributed by atoms with E-state index in [1.54, 1.807) is 29.2 Å². The summed E-state index contributed by atoms with van der Waals surface area (Å²) < 4.78 is 40.1. The molecule has 3 saturated heterocycles. The largest absolute Gasteiger partial charge is 0.445 e. The lowest BCUT2D eigenvalue weighted by Crippen LogP contribution is -2.55. The summed E-state index contributed by atoms with van der Waals surface area (Å²) in [4.78, 5) is 28.7. The van der Waals surface area contributed by atoms with Crippen LogP contribution >= 0.6 is 15.9 Å². The highest BCUT2D eigenvalue weighted by atomic mass is 79.9. The molecule has 11 heteroatoms. The van der Waals surface area contributed by atoms with Gasteiger partial charge in [-0.1, -0.05) is 46.3 Å². The number of piperidine rings is 1. The number of carbonyl (C=O) groups is 2. The zero-order valence-corrected chi connectivity index (χ0v) is 21.4. The van der Waals surface area contributed by atoms with Crippen molar-refractivity contribution in [2.45, 2.75) is 36.2 Å². The number of nitrogens with zero attached hydrogens (tertiary/aromatic N) is 3. The van der Waals surface area contributed by atoms with Crippen molar-refractivity contribution in [2.75, 3.05) is 32.7 Å². The van der Waals surface area contributed by atoms with E-state index in [0.717, 1.165) is 10.0 Å². The molecule has 1 spiro atoms. The van der Waals surface area contributed by atoms with E-state index in [2.05, 4.69) is 15.9 Å². The molecule has 3 fully saturated rings. The van der Waals surface area contributed by atoms with Gasteiger partial charge in [-0.25, -0.2) is 13.2 Å². The Bertz CT molecular complexity index is 1200. The number of amides is 2. The van der Waals surface area contributed by atoms with Gasteiger partial charge in [-0.15, -0.1) is 0 Å². The number of piperazine rings is 1. The summed E-state index contributed by atoms with van der Waals surface area (Å²) in [5.41, 5.74) is 0.252. The Morgan fingerprint density at radius 2 is 1.77 bits per heavy atom. The van der Waals surface area contributed by atoms with Crippen molar-refractivity contribution < 1.29 is 27.5 Å². The molecule has 0 aliphatic carbocycles. The van der Waals surface area contributed by atoms with Crippen LogP contribution in [0.4, 0.5) is 4.79 Å². The summed E-state index contributed by atoms with van der Waals surface area (Å²) in [6.45, 7) is 1.30. The van der Waals surface area contributed by atoms with Crippen LogP contribution in [0.2, 0.25) is 0 Å². The van der Waals surface area contributed by atoms with Crippen LogP contribution in [-0.4, -0.2) is 79.1 Å². The molecule has 3 aliphatic rings. The van der Waals surface area contributed by atoms with Crippen LogP contribution in [0.25, 0.3) is 0 Å². The molecule has 5 rings (SSSR count). The number of fused-ring (bicyclic) bond motifs is 1. The van der Waals surface area contributed by atoms with Gasteiger partial charge in [0, 0.05) is 17.6 Å². The lowest BCUT2D eigenvalue weighted by molar-refractivity contribution is -0.148. The van der Waals surface area contributed by atoms with Crippen LogP contribution in [0.15, 0.2) is 64.0 Å². The molecule has 0 radical (unpaired) electrons. The second-order valence-electron chi connectivity index (χ2n) is 9.06. The minimum absolute atomic E-state index is 0.0619. The van der Waals surface area contributed by atoms with Gasteiger partial charge >= 0.3 is 6.09 Å². The Morgan fingerprint density at radius 3 is 2.46 bits per heavy atom. The molecular weight excluding hydrogens is 538 g/mol. The van der Waals surface area contributed by atoms with E-state index in [0.29, 0.717) is 32.5 Å². The third kappa shape index (κ3) is 4.95. The van der Waals surface area contributed by atoms with Crippen LogP contribution in [0.3, 0.4) is 0 Å². The van der Waals surface area contributed by atoms with E-state index in [4.69, 9.17) is 9.47 Å². The highest BCUT2D eigenvalue weighted by molar-refractivity contribution is 9.10. The molecule has 1 unspecified atom stereocenters. The fraction of sp³-hybridized carbons (Fsp3) is 0.417. The summed E-state index contributed by atoms with van der Waals surface area (Å²) in [6, 6.07) is 15.9. The fourth-order valence-electron chi connectivity index (χ4n) is 4.81. The second-order valence-corrected chi connectivity index (χ2v) is 11.9. The summed E-state index contributed by atoms with van der Waals surface area (Å²) in [6.07, 6.45) is -0.167. The number of hydrogen-bond donors (Lipinski definition) is 0. The van der Waals surface area contributed by atoms with Crippen molar-refractivity contribution in [1.29, 1.82) is 0 Å². The number of halogens is 1. The minimum Gasteiger partial charge on any atom is -0.445 e. The van der Waals surface area contributed by atoms with Gasteiger partial charge in [-0.05, 0) is 42.7 Å². The summed E-state index contributed by atoms with van der Waals surface area (Å²) in [5, 5.41) is 0. The second kappa shape index (κ2) is 9.53. The Balaban J connectivity index is 1.19. The zero-order chi connectivity index (χ0) is 24.6. The molecule has 2 aromatic rings. The van der Waals surface area contributed by atoms with Crippen LogP contribution in [0, 0.1) is 0 Å². The Hall–Kier alpha value is -2.47. The smallest absolute Gasteiger partial charge is 0.410 e. The Kier molecular flexibility index (Phi) is 6.60. The number of sulfonamides is 1. The number of hydrogen-bond acceptors (Lipinski definition) is 6. The van der Waals surface area contributed by atoms with Crippen molar-refractivity contribution in [1.82, 2.24) is 14.1 Å². The topological polar surface area (TPSA) is 96.5 Å². The third-order valence-corrected chi connectivity index (χ3v) is 9.21. The van der Waals surface area contributed by atoms with E-state index >= 15 is 0 Å². The average molecular weight is 564 g/mol. The monoisotopic (exact) mass is 563 g/mol. The first-order chi connectivity index (χ1) is 16.8. The molecule has 3 heterocycles. The van der Waals surface area contributed by atoms with E-state index in [1.807, 2.05) is 30.3 Å². The van der Waals surface area contributed by atoms with Gasteiger partial charge in [-0.3, -0.25) is 9.69 Å².